The van der Waals surface area contributed by atoms with Crippen LogP contribution in [0.25, 0.3) is 0 Å². The first kappa shape index (κ1) is 9.67. The molecule has 0 aromatic heterocycles. The second kappa shape index (κ2) is 4.00. The summed E-state index contributed by atoms with van der Waals surface area (Å²) in [6, 6.07) is 4.28. The lowest BCUT2D eigenvalue weighted by atomic mass is 10.0. The van der Waals surface area contributed by atoms with Crippen LogP contribution in [0.15, 0.2) is 12.1 Å². The summed E-state index contributed by atoms with van der Waals surface area (Å²) in [7, 11) is 0. The molecule has 0 fully saturated rings. The van der Waals surface area contributed by atoms with Crippen molar-refractivity contribution in [1.29, 1.82) is 0 Å². The summed E-state index contributed by atoms with van der Waals surface area (Å²) in [5.41, 5.74) is 4.96. The topological polar surface area (TPSA) is 9.23 Å². The zero-order valence-electron chi connectivity index (χ0n) is 8.35. The molecule has 0 aliphatic heterocycles. The van der Waals surface area contributed by atoms with Crippen LogP contribution in [0.1, 0.15) is 22.3 Å². The van der Waals surface area contributed by atoms with Crippen LogP contribution in [-0.2, 0) is 11.3 Å². The fourth-order valence-electron chi connectivity index (χ4n) is 1.55. The summed E-state index contributed by atoms with van der Waals surface area (Å²) in [6.07, 6.45) is 7.22. The summed E-state index contributed by atoms with van der Waals surface area (Å²) < 4.78 is 4.95. The highest BCUT2D eigenvalue weighted by atomic mass is 16.5. The minimum absolute atomic E-state index is 0.508. The lowest BCUT2D eigenvalue weighted by Crippen LogP contribution is -1.96. The first-order chi connectivity index (χ1) is 6.15. The van der Waals surface area contributed by atoms with Crippen molar-refractivity contribution < 1.29 is 4.74 Å². The number of rotatable bonds is 2. The summed E-state index contributed by atoms with van der Waals surface area (Å²) in [5.74, 6) is 0. The quantitative estimate of drug-likeness (QED) is 0.626. The number of hydrogen-bond acceptors (Lipinski definition) is 1. The Bertz CT molecular complexity index is 322. The third-order valence-corrected chi connectivity index (χ3v) is 2.14. The summed E-state index contributed by atoms with van der Waals surface area (Å²) >= 11 is 0. The third-order valence-electron chi connectivity index (χ3n) is 2.14. The SMILES string of the molecule is C#COCc1c(C)cc(C)cc1C. The molecule has 1 nitrogen and oxygen atoms in total. The molecule has 0 heterocycles. The average molecular weight is 174 g/mol. The molecule has 0 N–H and O–H groups in total. The number of aryl methyl sites for hydroxylation is 3. The van der Waals surface area contributed by atoms with Crippen molar-refractivity contribution in [3.63, 3.8) is 0 Å². The van der Waals surface area contributed by atoms with Crippen LogP contribution in [0.3, 0.4) is 0 Å². The van der Waals surface area contributed by atoms with E-state index in [1.807, 2.05) is 0 Å². The molecule has 1 aromatic rings. The van der Waals surface area contributed by atoms with Crippen molar-refractivity contribution in [3.8, 4) is 12.5 Å². The normalized spacial score (nSPS) is 9.38. The molecule has 0 spiro atoms. The van der Waals surface area contributed by atoms with Gasteiger partial charge in [-0.2, -0.15) is 0 Å². The molecule has 1 aromatic carbocycles. The minimum Gasteiger partial charge on any atom is -0.442 e. The molecular weight excluding hydrogens is 160 g/mol. The van der Waals surface area contributed by atoms with Gasteiger partial charge in [0.2, 0.25) is 0 Å². The molecule has 1 heteroatoms. The second-order valence-electron chi connectivity index (χ2n) is 3.28. The van der Waals surface area contributed by atoms with Crippen LogP contribution in [-0.4, -0.2) is 0 Å². The van der Waals surface area contributed by atoms with E-state index < -0.39 is 0 Å². The minimum atomic E-state index is 0.508. The fraction of sp³-hybridized carbons (Fsp3) is 0.333. The van der Waals surface area contributed by atoms with Crippen molar-refractivity contribution in [2.75, 3.05) is 0 Å². The molecule has 0 saturated carbocycles. The van der Waals surface area contributed by atoms with Gasteiger partial charge in [-0.15, -0.1) is 0 Å². The summed E-state index contributed by atoms with van der Waals surface area (Å²) in [4.78, 5) is 0. The van der Waals surface area contributed by atoms with Crippen LogP contribution in [0.2, 0.25) is 0 Å². The standard InChI is InChI=1S/C12H14O/c1-5-13-8-12-10(3)6-9(2)7-11(12)4/h1,6-7H,8H2,2-4H3. The lowest BCUT2D eigenvalue weighted by Gasteiger charge is -2.09. The highest BCUT2D eigenvalue weighted by Crippen LogP contribution is 2.16. The van der Waals surface area contributed by atoms with Gasteiger partial charge >= 0.3 is 0 Å². The Morgan fingerprint density at radius 1 is 1.23 bits per heavy atom. The van der Waals surface area contributed by atoms with E-state index in [-0.39, 0.29) is 0 Å². The highest BCUT2D eigenvalue weighted by molar-refractivity contribution is 5.36. The molecule has 0 aliphatic rings. The maximum Gasteiger partial charge on any atom is 0.126 e. The van der Waals surface area contributed by atoms with E-state index >= 15 is 0 Å². The van der Waals surface area contributed by atoms with E-state index in [9.17, 15) is 0 Å². The smallest absolute Gasteiger partial charge is 0.126 e. The molecule has 1 rings (SSSR count). The van der Waals surface area contributed by atoms with Crippen molar-refractivity contribution in [2.45, 2.75) is 27.4 Å². The van der Waals surface area contributed by atoms with Gasteiger partial charge in [-0.05, 0) is 37.5 Å². The summed E-state index contributed by atoms with van der Waals surface area (Å²) in [5, 5.41) is 0. The van der Waals surface area contributed by atoms with Gasteiger partial charge in [-0.25, -0.2) is 0 Å². The molecule has 0 bridgehead atoms. The first-order valence-electron chi connectivity index (χ1n) is 4.29. The van der Waals surface area contributed by atoms with Crippen LogP contribution < -0.4 is 0 Å². The van der Waals surface area contributed by atoms with Crippen LogP contribution in [0, 0.1) is 33.3 Å². The van der Waals surface area contributed by atoms with E-state index in [0.717, 1.165) is 0 Å². The van der Waals surface area contributed by atoms with Crippen molar-refractivity contribution in [2.24, 2.45) is 0 Å². The predicted octanol–water partition coefficient (Wildman–Crippen LogP) is 2.72. The Labute approximate surface area is 79.7 Å². The van der Waals surface area contributed by atoms with Gasteiger partial charge in [0.15, 0.2) is 0 Å². The Balaban J connectivity index is 3.00. The number of terminal acetylenes is 1. The Morgan fingerprint density at radius 3 is 2.23 bits per heavy atom. The van der Waals surface area contributed by atoms with Gasteiger partial charge in [-0.1, -0.05) is 24.1 Å². The van der Waals surface area contributed by atoms with E-state index in [1.165, 1.54) is 22.3 Å². The Kier molecular flexibility index (Phi) is 2.97. The van der Waals surface area contributed by atoms with Crippen molar-refractivity contribution >= 4 is 0 Å². The Morgan fingerprint density at radius 2 is 1.77 bits per heavy atom. The number of benzene rings is 1. The van der Waals surface area contributed by atoms with Crippen LogP contribution >= 0.6 is 0 Å². The van der Waals surface area contributed by atoms with E-state index in [1.54, 1.807) is 0 Å². The molecule has 0 unspecified atom stereocenters. The second-order valence-corrected chi connectivity index (χ2v) is 3.28. The molecule has 0 amide bonds. The molecule has 0 aliphatic carbocycles. The van der Waals surface area contributed by atoms with Crippen LogP contribution in [0.4, 0.5) is 0 Å². The van der Waals surface area contributed by atoms with Gasteiger partial charge in [0, 0.05) is 0 Å². The first-order valence-corrected chi connectivity index (χ1v) is 4.29. The highest BCUT2D eigenvalue weighted by Gasteiger charge is 2.03. The molecule has 0 atom stereocenters. The fourth-order valence-corrected chi connectivity index (χ4v) is 1.55. The van der Waals surface area contributed by atoms with E-state index in [0.29, 0.717) is 6.61 Å². The summed E-state index contributed by atoms with van der Waals surface area (Å²) in [6.45, 7) is 6.75. The largest absolute Gasteiger partial charge is 0.442 e. The van der Waals surface area contributed by atoms with Gasteiger partial charge in [0.05, 0.1) is 0 Å². The molecule has 0 radical (unpaired) electrons. The monoisotopic (exact) mass is 174 g/mol. The van der Waals surface area contributed by atoms with E-state index in [4.69, 9.17) is 11.2 Å². The maximum atomic E-state index is 5.03. The van der Waals surface area contributed by atoms with Gasteiger partial charge in [-0.3, -0.25) is 0 Å². The predicted molar refractivity (Wildman–Crippen MR) is 54.3 cm³/mol. The number of hydrogen-bond donors (Lipinski definition) is 0. The zero-order chi connectivity index (χ0) is 9.84. The maximum absolute atomic E-state index is 5.03. The molecule has 13 heavy (non-hydrogen) atoms. The number of ether oxygens (including phenoxy) is 1. The van der Waals surface area contributed by atoms with Crippen molar-refractivity contribution in [1.82, 2.24) is 0 Å². The van der Waals surface area contributed by atoms with Gasteiger partial charge < -0.3 is 4.74 Å². The lowest BCUT2D eigenvalue weighted by molar-refractivity contribution is 0.264. The molecule has 68 valence electrons. The van der Waals surface area contributed by atoms with Gasteiger partial charge in [0.1, 0.15) is 12.7 Å². The molecular formula is C12H14O. The third kappa shape index (κ3) is 2.26. The Hall–Kier alpha value is -1.42. The van der Waals surface area contributed by atoms with E-state index in [2.05, 4.69) is 39.0 Å². The molecule has 0 saturated heterocycles. The zero-order valence-corrected chi connectivity index (χ0v) is 8.35. The van der Waals surface area contributed by atoms with Crippen LogP contribution in [0.5, 0.6) is 0 Å². The van der Waals surface area contributed by atoms with Gasteiger partial charge in [0.25, 0.3) is 0 Å². The van der Waals surface area contributed by atoms with Crippen molar-refractivity contribution in [3.05, 3.63) is 34.4 Å². The average Bonchev–Trinajstić information content (AvgIpc) is 2.02.